The largest absolute Gasteiger partial charge is 0.466 e. The highest BCUT2D eigenvalue weighted by atomic mass is 127. The van der Waals surface area contributed by atoms with Crippen molar-refractivity contribution in [3.05, 3.63) is 33.4 Å². The van der Waals surface area contributed by atoms with Crippen molar-refractivity contribution < 1.29 is 14.3 Å². The van der Waals surface area contributed by atoms with Crippen LogP contribution in [0.5, 0.6) is 0 Å². The molecule has 1 rings (SSSR count). The number of hydrogen-bond acceptors (Lipinski definition) is 3. The third-order valence-corrected chi connectivity index (χ3v) is 2.81. The second-order valence-corrected chi connectivity index (χ2v) is 4.44. The van der Waals surface area contributed by atoms with Crippen LogP contribution in [0.2, 0.25) is 0 Å². The Morgan fingerprint density at radius 3 is 2.65 bits per heavy atom. The Morgan fingerprint density at radius 2 is 2.12 bits per heavy atom. The first-order valence-electron chi connectivity index (χ1n) is 4.86. The summed E-state index contributed by atoms with van der Waals surface area (Å²) in [6.07, 6.45) is 3.01. The molecule has 1 aromatic rings. The van der Waals surface area contributed by atoms with Crippen molar-refractivity contribution in [1.29, 1.82) is 0 Å². The number of methoxy groups -OCH3 is 1. The standard InChI is InChI=1S/C12H12INO3/c1-8(15)14-11-5-3-9(7-10(11)13)4-6-12(16)17-2/h3-7H,1-2H3,(H,14,15)/b6-4+. The van der Waals surface area contributed by atoms with Crippen LogP contribution in [0.25, 0.3) is 6.08 Å². The number of esters is 1. The molecule has 0 atom stereocenters. The highest BCUT2D eigenvalue weighted by Gasteiger charge is 2.01. The summed E-state index contributed by atoms with van der Waals surface area (Å²) in [6.45, 7) is 1.46. The SMILES string of the molecule is COC(=O)/C=C/c1ccc(NC(C)=O)c(I)c1. The molecule has 0 fully saturated rings. The van der Waals surface area contributed by atoms with Gasteiger partial charge in [-0.05, 0) is 46.4 Å². The molecule has 1 N–H and O–H groups in total. The van der Waals surface area contributed by atoms with Crippen LogP contribution in [0.15, 0.2) is 24.3 Å². The summed E-state index contributed by atoms with van der Waals surface area (Å²) in [5, 5.41) is 2.71. The van der Waals surface area contributed by atoms with Gasteiger partial charge in [-0.25, -0.2) is 4.79 Å². The van der Waals surface area contributed by atoms with Gasteiger partial charge in [-0.3, -0.25) is 4.79 Å². The maximum absolute atomic E-state index is 10.9. The first kappa shape index (κ1) is 13.7. The van der Waals surface area contributed by atoms with E-state index in [4.69, 9.17) is 0 Å². The van der Waals surface area contributed by atoms with Crippen molar-refractivity contribution in [3.8, 4) is 0 Å². The molecule has 0 saturated heterocycles. The van der Waals surface area contributed by atoms with Crippen LogP contribution in [0, 0.1) is 3.57 Å². The van der Waals surface area contributed by atoms with Gasteiger partial charge in [0.1, 0.15) is 0 Å². The van der Waals surface area contributed by atoms with Crippen molar-refractivity contribution in [1.82, 2.24) is 0 Å². The van der Waals surface area contributed by atoms with Crippen LogP contribution in [0.4, 0.5) is 5.69 Å². The van der Waals surface area contributed by atoms with Gasteiger partial charge >= 0.3 is 5.97 Å². The molecule has 1 aromatic carbocycles. The van der Waals surface area contributed by atoms with Crippen LogP contribution in [-0.2, 0) is 14.3 Å². The molecule has 1 amide bonds. The van der Waals surface area contributed by atoms with Crippen molar-refractivity contribution in [2.24, 2.45) is 0 Å². The number of carbonyl (C=O) groups is 2. The van der Waals surface area contributed by atoms with Crippen molar-refractivity contribution in [3.63, 3.8) is 0 Å². The molecule has 17 heavy (non-hydrogen) atoms. The highest BCUT2D eigenvalue weighted by molar-refractivity contribution is 14.1. The lowest BCUT2D eigenvalue weighted by molar-refractivity contribution is -0.134. The summed E-state index contributed by atoms with van der Waals surface area (Å²) in [6, 6.07) is 5.47. The van der Waals surface area contributed by atoms with E-state index in [1.54, 1.807) is 12.1 Å². The first-order valence-corrected chi connectivity index (χ1v) is 5.94. The number of hydrogen-bond donors (Lipinski definition) is 1. The number of ether oxygens (including phenoxy) is 1. The fourth-order valence-electron chi connectivity index (χ4n) is 1.16. The van der Waals surface area contributed by atoms with Crippen molar-refractivity contribution >= 4 is 46.2 Å². The molecule has 0 aromatic heterocycles. The number of rotatable bonds is 3. The Morgan fingerprint density at radius 1 is 1.41 bits per heavy atom. The molecule has 0 aliphatic carbocycles. The second kappa shape index (κ2) is 6.39. The zero-order valence-corrected chi connectivity index (χ0v) is 11.6. The van der Waals surface area contributed by atoms with Crippen molar-refractivity contribution in [2.45, 2.75) is 6.92 Å². The van der Waals surface area contributed by atoms with E-state index in [-0.39, 0.29) is 5.91 Å². The Kier molecular flexibility index (Phi) is 5.14. The Labute approximate surface area is 113 Å². The van der Waals surface area contributed by atoms with E-state index in [1.165, 1.54) is 20.1 Å². The predicted molar refractivity (Wildman–Crippen MR) is 74.5 cm³/mol. The van der Waals surface area contributed by atoms with Crippen molar-refractivity contribution in [2.75, 3.05) is 12.4 Å². The van der Waals surface area contributed by atoms with E-state index < -0.39 is 5.97 Å². The molecule has 0 aliphatic heterocycles. The summed E-state index contributed by atoms with van der Waals surface area (Å²) < 4.78 is 5.40. The number of benzene rings is 1. The molecule has 4 nitrogen and oxygen atoms in total. The van der Waals surface area contributed by atoms with Gasteiger partial charge in [0.05, 0.1) is 12.8 Å². The predicted octanol–water partition coefficient (Wildman–Crippen LogP) is 2.44. The minimum Gasteiger partial charge on any atom is -0.466 e. The number of amides is 1. The third kappa shape index (κ3) is 4.56. The van der Waals surface area contributed by atoms with Crippen LogP contribution in [0.3, 0.4) is 0 Å². The molecule has 0 heterocycles. The fraction of sp³-hybridized carbons (Fsp3) is 0.167. The van der Waals surface area contributed by atoms with Gasteiger partial charge in [-0.1, -0.05) is 6.07 Å². The zero-order chi connectivity index (χ0) is 12.8. The molecule has 0 aliphatic rings. The summed E-state index contributed by atoms with van der Waals surface area (Å²) in [4.78, 5) is 21.8. The third-order valence-electron chi connectivity index (χ3n) is 1.92. The number of nitrogens with one attached hydrogen (secondary N) is 1. The second-order valence-electron chi connectivity index (χ2n) is 3.28. The van der Waals surface area contributed by atoms with Crippen LogP contribution in [-0.4, -0.2) is 19.0 Å². The summed E-state index contributed by atoms with van der Waals surface area (Å²) >= 11 is 2.12. The zero-order valence-electron chi connectivity index (χ0n) is 9.49. The fourth-order valence-corrected chi connectivity index (χ4v) is 1.83. The Hall–Kier alpha value is -1.37. The van der Waals surface area contributed by atoms with Gasteiger partial charge in [0.15, 0.2) is 0 Å². The van der Waals surface area contributed by atoms with E-state index in [9.17, 15) is 9.59 Å². The molecule has 0 radical (unpaired) electrons. The molecule has 0 spiro atoms. The molecule has 0 bridgehead atoms. The first-order chi connectivity index (χ1) is 8.02. The summed E-state index contributed by atoms with van der Waals surface area (Å²) in [5.74, 6) is -0.508. The van der Waals surface area contributed by atoms with Crippen LogP contribution >= 0.6 is 22.6 Å². The Bertz CT molecular complexity index is 469. The van der Waals surface area contributed by atoms with Crippen LogP contribution in [0.1, 0.15) is 12.5 Å². The van der Waals surface area contributed by atoms with Gasteiger partial charge in [-0.2, -0.15) is 0 Å². The molecule has 90 valence electrons. The van der Waals surface area contributed by atoms with Gasteiger partial charge < -0.3 is 10.1 Å². The molecule has 5 heteroatoms. The summed E-state index contributed by atoms with van der Waals surface area (Å²) in [7, 11) is 1.33. The van der Waals surface area contributed by atoms with Gasteiger partial charge in [0, 0.05) is 16.6 Å². The lowest BCUT2D eigenvalue weighted by atomic mass is 10.2. The van der Waals surface area contributed by atoms with E-state index in [0.29, 0.717) is 0 Å². The lowest BCUT2D eigenvalue weighted by Gasteiger charge is -2.05. The number of carbonyl (C=O) groups excluding carboxylic acids is 2. The van der Waals surface area contributed by atoms with E-state index in [1.807, 2.05) is 12.1 Å². The van der Waals surface area contributed by atoms with E-state index in [0.717, 1.165) is 14.8 Å². The highest BCUT2D eigenvalue weighted by Crippen LogP contribution is 2.20. The molecular formula is C12H12INO3. The number of anilines is 1. The quantitative estimate of drug-likeness (QED) is 0.520. The average molecular weight is 345 g/mol. The van der Waals surface area contributed by atoms with Gasteiger partial charge in [0.25, 0.3) is 0 Å². The van der Waals surface area contributed by atoms with Crippen LogP contribution < -0.4 is 5.32 Å². The van der Waals surface area contributed by atoms with E-state index in [2.05, 4.69) is 32.6 Å². The average Bonchev–Trinajstić information content (AvgIpc) is 2.28. The normalized spacial score (nSPS) is 10.3. The van der Waals surface area contributed by atoms with E-state index >= 15 is 0 Å². The smallest absolute Gasteiger partial charge is 0.330 e. The maximum atomic E-state index is 10.9. The van der Waals surface area contributed by atoms with Gasteiger partial charge in [0.2, 0.25) is 5.91 Å². The number of halogens is 1. The topological polar surface area (TPSA) is 55.4 Å². The lowest BCUT2D eigenvalue weighted by Crippen LogP contribution is -2.07. The monoisotopic (exact) mass is 345 g/mol. The van der Waals surface area contributed by atoms with Gasteiger partial charge in [-0.15, -0.1) is 0 Å². The minimum absolute atomic E-state index is 0.110. The molecular weight excluding hydrogens is 333 g/mol. The molecule has 0 saturated carbocycles. The summed E-state index contributed by atoms with van der Waals surface area (Å²) in [5.41, 5.74) is 1.63. The Balaban J connectivity index is 2.85. The maximum Gasteiger partial charge on any atom is 0.330 e. The molecule has 0 unspecified atom stereocenters. The minimum atomic E-state index is -0.397.